The SMILES string of the molecule is COc1ccc(S(=O)(=O)N(CC(=O)N2CCCC2c2ccc(F)cc2)c2ccccc2Cl)cc1. The maximum atomic E-state index is 13.6. The summed E-state index contributed by atoms with van der Waals surface area (Å²) in [6.45, 7) is 0.0651. The zero-order valence-corrected chi connectivity index (χ0v) is 20.1. The van der Waals surface area contributed by atoms with Crippen LogP contribution in [-0.4, -0.2) is 39.4 Å². The van der Waals surface area contributed by atoms with E-state index in [2.05, 4.69) is 0 Å². The maximum Gasteiger partial charge on any atom is 0.264 e. The molecule has 1 fully saturated rings. The van der Waals surface area contributed by atoms with Gasteiger partial charge in [-0.2, -0.15) is 0 Å². The molecule has 0 radical (unpaired) electrons. The van der Waals surface area contributed by atoms with Gasteiger partial charge < -0.3 is 9.64 Å². The Kier molecular flexibility index (Phi) is 7.09. The number of rotatable bonds is 7. The minimum atomic E-state index is -4.12. The largest absolute Gasteiger partial charge is 0.497 e. The predicted octanol–water partition coefficient (Wildman–Crippen LogP) is 5.05. The molecule has 1 unspecified atom stereocenters. The van der Waals surface area contributed by atoms with Gasteiger partial charge in [0.05, 0.1) is 28.8 Å². The molecule has 0 N–H and O–H groups in total. The molecule has 1 saturated heterocycles. The van der Waals surface area contributed by atoms with Gasteiger partial charge in [0.1, 0.15) is 18.1 Å². The van der Waals surface area contributed by atoms with E-state index in [4.69, 9.17) is 16.3 Å². The molecule has 0 aromatic heterocycles. The van der Waals surface area contributed by atoms with E-state index in [0.29, 0.717) is 18.7 Å². The summed E-state index contributed by atoms with van der Waals surface area (Å²) < 4.78 is 46.8. The third-order valence-corrected chi connectivity index (χ3v) is 7.97. The average molecular weight is 503 g/mol. The number of methoxy groups -OCH3 is 1. The Morgan fingerprint density at radius 2 is 1.76 bits per heavy atom. The molecule has 1 atom stereocenters. The van der Waals surface area contributed by atoms with E-state index in [-0.39, 0.29) is 33.4 Å². The third-order valence-electron chi connectivity index (χ3n) is 5.88. The molecule has 0 spiro atoms. The minimum Gasteiger partial charge on any atom is -0.497 e. The molecule has 1 heterocycles. The second-order valence-corrected chi connectivity index (χ2v) is 10.2. The summed E-state index contributed by atoms with van der Waals surface area (Å²) in [6, 6.07) is 18.3. The number of hydrogen-bond donors (Lipinski definition) is 0. The van der Waals surface area contributed by atoms with Crippen molar-refractivity contribution in [2.24, 2.45) is 0 Å². The highest BCUT2D eigenvalue weighted by molar-refractivity contribution is 7.92. The molecule has 3 aromatic rings. The van der Waals surface area contributed by atoms with Gasteiger partial charge in [-0.25, -0.2) is 12.8 Å². The van der Waals surface area contributed by atoms with Gasteiger partial charge >= 0.3 is 0 Å². The molecule has 0 saturated carbocycles. The van der Waals surface area contributed by atoms with Crippen LogP contribution < -0.4 is 9.04 Å². The van der Waals surface area contributed by atoms with Gasteiger partial charge in [0.25, 0.3) is 10.0 Å². The lowest BCUT2D eigenvalue weighted by Crippen LogP contribution is -2.43. The summed E-state index contributed by atoms with van der Waals surface area (Å²) in [4.78, 5) is 15.1. The average Bonchev–Trinajstić information content (AvgIpc) is 3.33. The number of sulfonamides is 1. The summed E-state index contributed by atoms with van der Waals surface area (Å²) in [6.07, 6.45) is 1.49. The number of likely N-dealkylation sites (tertiary alicyclic amines) is 1. The first-order valence-corrected chi connectivity index (χ1v) is 12.6. The van der Waals surface area contributed by atoms with Gasteiger partial charge in [-0.15, -0.1) is 0 Å². The highest BCUT2D eigenvalue weighted by Crippen LogP contribution is 2.34. The number of amides is 1. The van der Waals surface area contributed by atoms with Crippen LogP contribution >= 0.6 is 11.6 Å². The maximum absolute atomic E-state index is 13.6. The predicted molar refractivity (Wildman–Crippen MR) is 129 cm³/mol. The van der Waals surface area contributed by atoms with Crippen LogP contribution in [0.1, 0.15) is 24.4 Å². The Labute approximate surface area is 203 Å². The Morgan fingerprint density at radius 3 is 2.41 bits per heavy atom. The van der Waals surface area contributed by atoms with E-state index in [1.165, 1.54) is 31.4 Å². The first-order chi connectivity index (χ1) is 16.3. The van der Waals surface area contributed by atoms with Crippen LogP contribution in [0.5, 0.6) is 5.75 Å². The molecule has 3 aromatic carbocycles. The van der Waals surface area contributed by atoms with Gasteiger partial charge in [-0.1, -0.05) is 35.9 Å². The standard InChI is InChI=1S/C25H24ClFN2O4S/c1-33-20-12-14-21(15-13-20)34(31,32)29(24-6-3-2-5-22(24)26)17-25(30)28-16-4-7-23(28)18-8-10-19(27)11-9-18/h2-3,5-6,8-15,23H,4,7,16-17H2,1H3. The van der Waals surface area contributed by atoms with Gasteiger partial charge in [-0.3, -0.25) is 9.10 Å². The molecular formula is C25H24ClFN2O4S. The Bertz CT molecular complexity index is 1270. The molecule has 6 nitrogen and oxygen atoms in total. The van der Waals surface area contributed by atoms with E-state index in [1.54, 1.807) is 53.4 Å². The summed E-state index contributed by atoms with van der Waals surface area (Å²) >= 11 is 6.36. The van der Waals surface area contributed by atoms with Crippen molar-refractivity contribution >= 4 is 33.2 Å². The van der Waals surface area contributed by atoms with Crippen molar-refractivity contribution in [2.45, 2.75) is 23.8 Å². The van der Waals surface area contributed by atoms with E-state index < -0.39 is 16.6 Å². The molecule has 1 aliphatic rings. The fraction of sp³-hybridized carbons (Fsp3) is 0.240. The van der Waals surface area contributed by atoms with Crippen molar-refractivity contribution in [3.63, 3.8) is 0 Å². The van der Waals surface area contributed by atoms with Crippen LogP contribution in [0.25, 0.3) is 0 Å². The number of anilines is 1. The minimum absolute atomic E-state index is 0.0116. The van der Waals surface area contributed by atoms with Crippen LogP contribution in [0.4, 0.5) is 10.1 Å². The molecule has 4 rings (SSSR count). The van der Waals surface area contributed by atoms with E-state index in [9.17, 15) is 17.6 Å². The lowest BCUT2D eigenvalue weighted by atomic mass is 10.0. The zero-order valence-electron chi connectivity index (χ0n) is 18.5. The van der Waals surface area contributed by atoms with Gasteiger partial charge in [0.2, 0.25) is 5.91 Å². The second kappa shape index (κ2) is 10.0. The highest BCUT2D eigenvalue weighted by atomic mass is 35.5. The lowest BCUT2D eigenvalue weighted by Gasteiger charge is -2.30. The van der Waals surface area contributed by atoms with Crippen molar-refractivity contribution in [2.75, 3.05) is 24.5 Å². The van der Waals surface area contributed by atoms with E-state index >= 15 is 0 Å². The van der Waals surface area contributed by atoms with Crippen molar-refractivity contribution in [1.82, 2.24) is 4.90 Å². The van der Waals surface area contributed by atoms with E-state index in [0.717, 1.165) is 16.3 Å². The highest BCUT2D eigenvalue weighted by Gasteiger charge is 2.34. The zero-order chi connectivity index (χ0) is 24.3. The van der Waals surface area contributed by atoms with E-state index in [1.807, 2.05) is 0 Å². The number of ether oxygens (including phenoxy) is 1. The molecular weight excluding hydrogens is 479 g/mol. The Hall–Kier alpha value is -3.10. The molecule has 1 amide bonds. The summed E-state index contributed by atoms with van der Waals surface area (Å²) in [5.74, 6) is -0.197. The molecule has 9 heteroatoms. The normalized spacial score (nSPS) is 15.9. The number of nitrogens with zero attached hydrogens (tertiary/aromatic N) is 2. The summed E-state index contributed by atoms with van der Waals surface area (Å²) in [5.41, 5.74) is 1.03. The van der Waals surface area contributed by atoms with Crippen LogP contribution in [0.2, 0.25) is 5.02 Å². The van der Waals surface area contributed by atoms with Crippen molar-refractivity contribution < 1.29 is 22.3 Å². The topological polar surface area (TPSA) is 66.9 Å². The Balaban J connectivity index is 1.67. The molecule has 0 aliphatic carbocycles. The first kappa shape index (κ1) is 24.0. The van der Waals surface area contributed by atoms with Crippen LogP contribution in [0.3, 0.4) is 0 Å². The Morgan fingerprint density at radius 1 is 1.09 bits per heavy atom. The monoisotopic (exact) mass is 502 g/mol. The van der Waals surface area contributed by atoms with Gasteiger partial charge in [-0.05, 0) is 66.9 Å². The van der Waals surface area contributed by atoms with Gasteiger partial charge in [0, 0.05) is 6.54 Å². The number of halogens is 2. The molecule has 34 heavy (non-hydrogen) atoms. The fourth-order valence-electron chi connectivity index (χ4n) is 4.14. The van der Waals surface area contributed by atoms with Crippen LogP contribution in [0.15, 0.2) is 77.7 Å². The van der Waals surface area contributed by atoms with Crippen molar-refractivity contribution in [1.29, 1.82) is 0 Å². The smallest absolute Gasteiger partial charge is 0.264 e. The van der Waals surface area contributed by atoms with Crippen LogP contribution in [0, 0.1) is 5.82 Å². The second-order valence-electron chi connectivity index (χ2n) is 7.94. The molecule has 0 bridgehead atoms. The molecule has 178 valence electrons. The lowest BCUT2D eigenvalue weighted by molar-refractivity contribution is -0.130. The fourth-order valence-corrected chi connectivity index (χ4v) is 5.86. The van der Waals surface area contributed by atoms with Crippen molar-refractivity contribution in [3.8, 4) is 5.75 Å². The van der Waals surface area contributed by atoms with Gasteiger partial charge in [0.15, 0.2) is 0 Å². The summed E-state index contributed by atoms with van der Waals surface area (Å²) in [5, 5.41) is 0.212. The summed E-state index contributed by atoms with van der Waals surface area (Å²) in [7, 11) is -2.63. The number of para-hydroxylation sites is 1. The third kappa shape index (κ3) is 4.88. The number of benzene rings is 3. The first-order valence-electron chi connectivity index (χ1n) is 10.8. The number of carbonyl (C=O) groups is 1. The number of carbonyl (C=O) groups excluding carboxylic acids is 1. The molecule has 1 aliphatic heterocycles. The number of hydrogen-bond acceptors (Lipinski definition) is 4. The quantitative estimate of drug-likeness (QED) is 0.453. The van der Waals surface area contributed by atoms with Crippen molar-refractivity contribution in [3.05, 3.63) is 89.2 Å². The van der Waals surface area contributed by atoms with Crippen LogP contribution in [-0.2, 0) is 14.8 Å².